The van der Waals surface area contributed by atoms with Gasteiger partial charge in [-0.3, -0.25) is 9.59 Å². The molecular weight excluding hydrogens is 204 g/mol. The molecule has 4 heteroatoms. The number of benzene rings is 1. The molecular formula is C12H16N2O2. The lowest BCUT2D eigenvalue weighted by molar-refractivity contribution is -0.125. The van der Waals surface area contributed by atoms with Crippen LogP contribution >= 0.6 is 0 Å². The Bertz CT molecular complexity index is 360. The molecule has 1 unspecified atom stereocenters. The molecule has 0 spiro atoms. The fourth-order valence-electron chi connectivity index (χ4n) is 1.48. The Morgan fingerprint density at radius 3 is 2.44 bits per heavy atom. The average molecular weight is 220 g/mol. The predicted molar refractivity (Wildman–Crippen MR) is 61.8 cm³/mol. The van der Waals surface area contributed by atoms with Crippen LogP contribution in [0, 0.1) is 0 Å². The summed E-state index contributed by atoms with van der Waals surface area (Å²) in [6, 6.07) is 7.01. The highest BCUT2D eigenvalue weighted by Crippen LogP contribution is 2.14. The lowest BCUT2D eigenvalue weighted by atomic mass is 10.0. The van der Waals surface area contributed by atoms with Gasteiger partial charge < -0.3 is 10.6 Å². The number of carbonyl (C=O) groups is 2. The molecule has 2 N–H and O–H groups in total. The van der Waals surface area contributed by atoms with Gasteiger partial charge in [0.05, 0.1) is 0 Å². The molecule has 0 heterocycles. The van der Waals surface area contributed by atoms with Gasteiger partial charge in [-0.05, 0) is 17.5 Å². The maximum atomic E-state index is 11.5. The van der Waals surface area contributed by atoms with Crippen LogP contribution < -0.4 is 10.6 Å². The Morgan fingerprint density at radius 1 is 1.38 bits per heavy atom. The van der Waals surface area contributed by atoms with Crippen molar-refractivity contribution in [3.63, 3.8) is 0 Å². The molecule has 0 saturated heterocycles. The minimum Gasteiger partial charge on any atom is -0.357 e. The zero-order valence-corrected chi connectivity index (χ0v) is 9.49. The first-order valence-corrected chi connectivity index (χ1v) is 5.23. The van der Waals surface area contributed by atoms with Crippen molar-refractivity contribution in [1.82, 2.24) is 10.6 Å². The molecule has 1 aromatic rings. The van der Waals surface area contributed by atoms with Gasteiger partial charge in [-0.25, -0.2) is 0 Å². The quantitative estimate of drug-likeness (QED) is 0.720. The number of nitrogens with one attached hydrogen (secondary N) is 2. The third kappa shape index (κ3) is 2.82. The maximum Gasteiger partial charge on any atom is 0.246 e. The van der Waals surface area contributed by atoms with Gasteiger partial charge in [0.2, 0.25) is 12.3 Å². The third-order valence-electron chi connectivity index (χ3n) is 2.46. The van der Waals surface area contributed by atoms with E-state index in [-0.39, 0.29) is 5.91 Å². The second-order valence-corrected chi connectivity index (χ2v) is 3.43. The average Bonchev–Trinajstić information content (AvgIpc) is 2.35. The highest BCUT2D eigenvalue weighted by Gasteiger charge is 2.17. The Balaban J connectivity index is 2.91. The summed E-state index contributed by atoms with van der Waals surface area (Å²) in [5.74, 6) is -0.226. The summed E-state index contributed by atoms with van der Waals surface area (Å²) in [5, 5.41) is 5.01. The first-order valence-electron chi connectivity index (χ1n) is 5.23. The van der Waals surface area contributed by atoms with E-state index in [1.807, 2.05) is 24.3 Å². The van der Waals surface area contributed by atoms with E-state index in [0.29, 0.717) is 6.41 Å². The van der Waals surface area contributed by atoms with E-state index in [1.54, 1.807) is 7.05 Å². The van der Waals surface area contributed by atoms with Gasteiger partial charge in [0, 0.05) is 7.05 Å². The maximum absolute atomic E-state index is 11.5. The van der Waals surface area contributed by atoms with Crippen molar-refractivity contribution >= 4 is 12.3 Å². The smallest absolute Gasteiger partial charge is 0.246 e. The van der Waals surface area contributed by atoms with Crippen molar-refractivity contribution in [3.05, 3.63) is 35.4 Å². The van der Waals surface area contributed by atoms with Crippen LogP contribution in [-0.2, 0) is 16.0 Å². The lowest BCUT2D eigenvalue weighted by Crippen LogP contribution is -2.35. The summed E-state index contributed by atoms with van der Waals surface area (Å²) in [4.78, 5) is 22.0. The summed E-state index contributed by atoms with van der Waals surface area (Å²) >= 11 is 0. The summed E-state index contributed by atoms with van der Waals surface area (Å²) < 4.78 is 0. The summed E-state index contributed by atoms with van der Waals surface area (Å²) in [6.07, 6.45) is 1.49. The minimum atomic E-state index is -0.617. The van der Waals surface area contributed by atoms with Crippen LogP contribution in [0.4, 0.5) is 0 Å². The zero-order chi connectivity index (χ0) is 12.0. The number of carbonyl (C=O) groups excluding carboxylic acids is 2. The first-order chi connectivity index (χ1) is 7.72. The summed E-state index contributed by atoms with van der Waals surface area (Å²) in [7, 11) is 1.54. The summed E-state index contributed by atoms with van der Waals surface area (Å²) in [5.41, 5.74) is 1.98. The van der Waals surface area contributed by atoms with Crippen LogP contribution in [0.15, 0.2) is 24.3 Å². The summed E-state index contributed by atoms with van der Waals surface area (Å²) in [6.45, 7) is 2.06. The Hall–Kier alpha value is -1.84. The topological polar surface area (TPSA) is 58.2 Å². The van der Waals surface area contributed by atoms with Crippen LogP contribution in [-0.4, -0.2) is 19.4 Å². The largest absolute Gasteiger partial charge is 0.357 e. The number of amides is 2. The van der Waals surface area contributed by atoms with E-state index in [0.717, 1.165) is 12.0 Å². The number of likely N-dealkylation sites (N-methyl/N-ethyl adjacent to an activating group) is 1. The normalized spacial score (nSPS) is 11.6. The van der Waals surface area contributed by atoms with Gasteiger partial charge >= 0.3 is 0 Å². The Labute approximate surface area is 95.0 Å². The zero-order valence-electron chi connectivity index (χ0n) is 9.49. The predicted octanol–water partition coefficient (Wildman–Crippen LogP) is 0.782. The first kappa shape index (κ1) is 12.2. The molecule has 0 aliphatic heterocycles. The highest BCUT2D eigenvalue weighted by molar-refractivity contribution is 5.84. The van der Waals surface area contributed by atoms with Crippen molar-refractivity contribution in [2.75, 3.05) is 7.05 Å². The third-order valence-corrected chi connectivity index (χ3v) is 2.46. The standard InChI is InChI=1S/C12H16N2O2/c1-3-9-4-6-10(7-5-9)11(14-8-15)12(16)13-2/h4-8,11H,3H2,1-2H3,(H,13,16)(H,14,15). The van der Waals surface area contributed by atoms with Gasteiger partial charge in [-0.15, -0.1) is 0 Å². The second-order valence-electron chi connectivity index (χ2n) is 3.43. The van der Waals surface area contributed by atoms with E-state index in [4.69, 9.17) is 0 Å². The molecule has 0 fully saturated rings. The lowest BCUT2D eigenvalue weighted by Gasteiger charge is -2.15. The van der Waals surface area contributed by atoms with Crippen LogP contribution in [0.3, 0.4) is 0 Å². The van der Waals surface area contributed by atoms with Crippen molar-refractivity contribution in [1.29, 1.82) is 0 Å². The molecule has 0 aromatic heterocycles. The highest BCUT2D eigenvalue weighted by atomic mass is 16.2. The molecule has 2 amide bonds. The molecule has 0 saturated carbocycles. The molecule has 0 bridgehead atoms. The number of rotatable bonds is 5. The molecule has 0 aliphatic rings. The second kappa shape index (κ2) is 5.90. The van der Waals surface area contributed by atoms with Crippen LogP contribution in [0.1, 0.15) is 24.1 Å². The van der Waals surface area contributed by atoms with Gasteiger partial charge in [0.1, 0.15) is 6.04 Å². The van der Waals surface area contributed by atoms with E-state index in [9.17, 15) is 9.59 Å². The fraction of sp³-hybridized carbons (Fsp3) is 0.333. The number of hydrogen-bond donors (Lipinski definition) is 2. The molecule has 1 aromatic carbocycles. The molecule has 16 heavy (non-hydrogen) atoms. The van der Waals surface area contributed by atoms with Gasteiger partial charge in [-0.1, -0.05) is 31.2 Å². The van der Waals surface area contributed by atoms with Gasteiger partial charge in [-0.2, -0.15) is 0 Å². The van der Waals surface area contributed by atoms with Crippen molar-refractivity contribution in [2.24, 2.45) is 0 Å². The van der Waals surface area contributed by atoms with Crippen molar-refractivity contribution in [2.45, 2.75) is 19.4 Å². The fourth-order valence-corrected chi connectivity index (χ4v) is 1.48. The van der Waals surface area contributed by atoms with E-state index in [2.05, 4.69) is 17.6 Å². The Kier molecular flexibility index (Phi) is 4.51. The van der Waals surface area contributed by atoms with Gasteiger partial charge in [0.25, 0.3) is 0 Å². The van der Waals surface area contributed by atoms with Crippen LogP contribution in [0.2, 0.25) is 0 Å². The molecule has 86 valence electrons. The molecule has 0 aliphatic carbocycles. The van der Waals surface area contributed by atoms with Crippen LogP contribution in [0.5, 0.6) is 0 Å². The number of aryl methyl sites for hydroxylation is 1. The van der Waals surface area contributed by atoms with Crippen molar-refractivity contribution < 1.29 is 9.59 Å². The van der Waals surface area contributed by atoms with Gasteiger partial charge in [0.15, 0.2) is 0 Å². The number of hydrogen-bond acceptors (Lipinski definition) is 2. The van der Waals surface area contributed by atoms with Crippen LogP contribution in [0.25, 0.3) is 0 Å². The minimum absolute atomic E-state index is 0.226. The van der Waals surface area contributed by atoms with Crippen molar-refractivity contribution in [3.8, 4) is 0 Å². The Morgan fingerprint density at radius 2 is 2.00 bits per heavy atom. The van der Waals surface area contributed by atoms with E-state index < -0.39 is 6.04 Å². The molecule has 0 radical (unpaired) electrons. The molecule has 4 nitrogen and oxygen atoms in total. The van der Waals surface area contributed by atoms with E-state index >= 15 is 0 Å². The monoisotopic (exact) mass is 220 g/mol. The molecule has 1 atom stereocenters. The SMILES string of the molecule is CCc1ccc(C(NC=O)C(=O)NC)cc1. The molecule has 1 rings (SSSR count). The van der Waals surface area contributed by atoms with E-state index in [1.165, 1.54) is 5.56 Å².